The van der Waals surface area contributed by atoms with Crippen molar-refractivity contribution in [2.75, 3.05) is 40.5 Å². The summed E-state index contributed by atoms with van der Waals surface area (Å²) in [5.41, 5.74) is 1.09. The van der Waals surface area contributed by atoms with Crippen LogP contribution in [0, 0.1) is 0 Å². The quantitative estimate of drug-likeness (QED) is 0.0371. The van der Waals surface area contributed by atoms with Gasteiger partial charge in [0, 0.05) is 38.3 Å². The van der Waals surface area contributed by atoms with Crippen LogP contribution in [0.5, 0.6) is 11.5 Å². The van der Waals surface area contributed by atoms with Crippen LogP contribution >= 0.6 is 0 Å². The van der Waals surface area contributed by atoms with Crippen molar-refractivity contribution in [2.24, 2.45) is 0 Å². The number of ether oxygens (including phenoxy) is 4. The Hall–Kier alpha value is -3.32. The summed E-state index contributed by atoms with van der Waals surface area (Å²) in [6.07, 6.45) is 46.2. The molecular formula is C51H85NO6. The van der Waals surface area contributed by atoms with Crippen molar-refractivity contribution in [1.82, 2.24) is 4.90 Å². The predicted molar refractivity (Wildman–Crippen MR) is 245 cm³/mol. The second-order valence-corrected chi connectivity index (χ2v) is 15.9. The lowest BCUT2D eigenvalue weighted by atomic mass is 10.1. The molecule has 0 heterocycles. The van der Waals surface area contributed by atoms with Gasteiger partial charge in [-0.1, -0.05) is 127 Å². The molecule has 0 amide bonds. The van der Waals surface area contributed by atoms with Crippen molar-refractivity contribution in [3.8, 4) is 11.5 Å². The Labute approximate surface area is 356 Å². The molecule has 0 aliphatic rings. The molecule has 0 aliphatic carbocycles. The van der Waals surface area contributed by atoms with Gasteiger partial charge in [-0.2, -0.15) is 0 Å². The summed E-state index contributed by atoms with van der Waals surface area (Å²) in [7, 11) is 4.06. The highest BCUT2D eigenvalue weighted by Gasteiger charge is 2.08. The highest BCUT2D eigenvalue weighted by Crippen LogP contribution is 2.24. The molecule has 7 nitrogen and oxygen atoms in total. The lowest BCUT2D eigenvalue weighted by molar-refractivity contribution is -0.144. The van der Waals surface area contributed by atoms with E-state index in [2.05, 4.69) is 67.4 Å². The maximum absolute atomic E-state index is 12.2. The third-order valence-electron chi connectivity index (χ3n) is 9.74. The van der Waals surface area contributed by atoms with Crippen LogP contribution in [-0.2, 0) is 25.6 Å². The maximum atomic E-state index is 12.2. The number of hydrogen-bond donors (Lipinski definition) is 0. The van der Waals surface area contributed by atoms with Gasteiger partial charge in [0.1, 0.15) is 11.5 Å². The fourth-order valence-corrected chi connectivity index (χ4v) is 6.43. The Kier molecular flexibility index (Phi) is 36.8. The average Bonchev–Trinajstić information content (AvgIpc) is 3.20. The summed E-state index contributed by atoms with van der Waals surface area (Å²) in [5, 5.41) is 0. The molecule has 0 radical (unpaired) electrons. The Morgan fingerprint density at radius 1 is 0.466 bits per heavy atom. The van der Waals surface area contributed by atoms with Gasteiger partial charge in [0.05, 0.1) is 26.4 Å². The number of carbonyl (C=O) groups is 2. The van der Waals surface area contributed by atoms with Crippen molar-refractivity contribution in [3.05, 3.63) is 72.4 Å². The molecule has 0 fully saturated rings. The fraction of sp³-hybridized carbons (Fsp3) is 0.686. The van der Waals surface area contributed by atoms with E-state index in [1.807, 2.05) is 32.3 Å². The van der Waals surface area contributed by atoms with Crippen molar-refractivity contribution < 1.29 is 28.5 Å². The molecule has 0 aliphatic heterocycles. The maximum Gasteiger partial charge on any atom is 0.305 e. The minimum Gasteiger partial charge on any atom is -0.493 e. The molecule has 0 bridgehead atoms. The number of nitrogens with zero attached hydrogens (tertiary/aromatic N) is 1. The summed E-state index contributed by atoms with van der Waals surface area (Å²) >= 11 is 0. The van der Waals surface area contributed by atoms with E-state index >= 15 is 0 Å². The van der Waals surface area contributed by atoms with Crippen LogP contribution in [0.1, 0.15) is 186 Å². The number of rotatable bonds is 40. The van der Waals surface area contributed by atoms with Gasteiger partial charge < -0.3 is 23.8 Å². The predicted octanol–water partition coefficient (Wildman–Crippen LogP) is 14.0. The zero-order valence-corrected chi connectivity index (χ0v) is 37.7. The van der Waals surface area contributed by atoms with Crippen LogP contribution in [0.4, 0.5) is 0 Å². The van der Waals surface area contributed by atoms with Crippen molar-refractivity contribution in [2.45, 2.75) is 187 Å². The molecule has 1 aromatic rings. The first-order valence-electron chi connectivity index (χ1n) is 23.4. The summed E-state index contributed by atoms with van der Waals surface area (Å²) in [6, 6.07) is 5.95. The molecule has 0 atom stereocenters. The molecule has 1 rings (SSSR count). The van der Waals surface area contributed by atoms with Crippen LogP contribution < -0.4 is 9.47 Å². The number of hydrogen-bond acceptors (Lipinski definition) is 7. The second-order valence-electron chi connectivity index (χ2n) is 15.9. The molecule has 0 spiro atoms. The first kappa shape index (κ1) is 52.7. The number of benzene rings is 1. The zero-order valence-electron chi connectivity index (χ0n) is 37.7. The Balaban J connectivity index is 2.13. The lowest BCUT2D eigenvalue weighted by Crippen LogP contribution is -2.12. The normalized spacial score (nSPS) is 11.9. The number of allylic oxidation sites excluding steroid dienone is 8. The molecule has 7 heteroatoms. The third-order valence-corrected chi connectivity index (χ3v) is 9.74. The number of carbonyl (C=O) groups excluding carboxylic acids is 2. The van der Waals surface area contributed by atoms with Gasteiger partial charge in [-0.25, -0.2) is 0 Å². The summed E-state index contributed by atoms with van der Waals surface area (Å²) < 4.78 is 23.0. The molecule has 58 heavy (non-hydrogen) atoms. The Morgan fingerprint density at radius 3 is 1.24 bits per heavy atom. The van der Waals surface area contributed by atoms with Crippen LogP contribution in [0.2, 0.25) is 0 Å². The Morgan fingerprint density at radius 2 is 0.845 bits per heavy atom. The molecular weight excluding hydrogens is 723 g/mol. The van der Waals surface area contributed by atoms with Crippen molar-refractivity contribution >= 4 is 11.9 Å². The molecule has 0 N–H and O–H groups in total. The van der Waals surface area contributed by atoms with Gasteiger partial charge in [-0.15, -0.1) is 0 Å². The van der Waals surface area contributed by atoms with E-state index in [4.69, 9.17) is 18.9 Å². The topological polar surface area (TPSA) is 74.3 Å². The monoisotopic (exact) mass is 808 g/mol. The van der Waals surface area contributed by atoms with E-state index in [-0.39, 0.29) is 11.9 Å². The van der Waals surface area contributed by atoms with Crippen LogP contribution in [0.25, 0.3) is 0 Å². The van der Waals surface area contributed by atoms with E-state index in [9.17, 15) is 9.59 Å². The first-order chi connectivity index (χ1) is 28.4. The molecule has 1 aromatic carbocycles. The molecule has 0 unspecified atom stereocenters. The summed E-state index contributed by atoms with van der Waals surface area (Å²) in [6.45, 7) is 6.85. The van der Waals surface area contributed by atoms with Crippen molar-refractivity contribution in [3.63, 3.8) is 0 Å². The summed E-state index contributed by atoms with van der Waals surface area (Å²) in [5.74, 6) is 1.22. The van der Waals surface area contributed by atoms with Gasteiger partial charge in [-0.05, 0) is 109 Å². The van der Waals surface area contributed by atoms with Gasteiger partial charge >= 0.3 is 11.9 Å². The highest BCUT2D eigenvalue weighted by molar-refractivity contribution is 5.69. The van der Waals surface area contributed by atoms with Crippen LogP contribution in [0.15, 0.2) is 66.8 Å². The Bertz CT molecular complexity index is 1150. The zero-order chi connectivity index (χ0) is 42.0. The van der Waals surface area contributed by atoms with E-state index in [1.165, 1.54) is 77.0 Å². The second kappa shape index (κ2) is 40.5. The largest absolute Gasteiger partial charge is 0.493 e. The van der Waals surface area contributed by atoms with E-state index < -0.39 is 0 Å². The lowest BCUT2D eigenvalue weighted by Gasteiger charge is -2.15. The number of unbranched alkanes of at least 4 members (excludes halogenated alkanes) is 16. The van der Waals surface area contributed by atoms with Gasteiger partial charge in [0.25, 0.3) is 0 Å². The number of esters is 2. The van der Waals surface area contributed by atoms with E-state index in [1.54, 1.807) is 0 Å². The third kappa shape index (κ3) is 35.8. The smallest absolute Gasteiger partial charge is 0.305 e. The SMILES string of the molecule is CCCCCC=CCC=CCCCCCCCC(=O)OCCCOc1cc(CN(C)C)cc(OCCCOC(=O)CCCCCCCC=CCC=CCCCCC)c1. The fourth-order valence-electron chi connectivity index (χ4n) is 6.43. The van der Waals surface area contributed by atoms with Crippen molar-refractivity contribution in [1.29, 1.82) is 0 Å². The minimum atomic E-state index is -0.124. The molecule has 330 valence electrons. The molecule has 0 saturated heterocycles. The standard InChI is InChI=1S/C51H85NO6/c1-5-7-9-11-13-15-17-19-21-23-25-27-29-31-33-37-50(53)57-41-35-39-55-48-43-47(46-52(3)4)44-49(45-48)56-40-36-42-58-51(54)38-34-32-30-28-26-24-22-20-18-16-14-12-10-8-6-2/h13-16,19-22,43-45H,5-12,17-18,23-42,46H2,1-4H3. The summed E-state index contributed by atoms with van der Waals surface area (Å²) in [4.78, 5) is 26.5. The van der Waals surface area contributed by atoms with Gasteiger partial charge in [0.2, 0.25) is 0 Å². The molecule has 0 aromatic heterocycles. The van der Waals surface area contributed by atoms with Crippen LogP contribution in [-0.4, -0.2) is 57.4 Å². The van der Waals surface area contributed by atoms with Gasteiger partial charge in [0.15, 0.2) is 0 Å². The molecule has 0 saturated carbocycles. The minimum absolute atomic E-state index is 0.124. The van der Waals surface area contributed by atoms with Gasteiger partial charge in [-0.3, -0.25) is 9.59 Å². The average molecular weight is 808 g/mol. The highest BCUT2D eigenvalue weighted by atomic mass is 16.5. The first-order valence-corrected chi connectivity index (χ1v) is 23.4. The van der Waals surface area contributed by atoms with Crippen LogP contribution in [0.3, 0.4) is 0 Å². The van der Waals surface area contributed by atoms with E-state index in [0.717, 1.165) is 87.8 Å². The van der Waals surface area contributed by atoms with E-state index in [0.29, 0.717) is 52.1 Å².